The van der Waals surface area contributed by atoms with Crippen molar-refractivity contribution in [2.24, 2.45) is 47.3 Å². The molecular weight excluding hydrogens is 234 g/mol. The van der Waals surface area contributed by atoms with Gasteiger partial charge in [0.05, 0.1) is 0 Å². The maximum atomic E-state index is 2.59. The SMILES string of the molecule is [CH-]1C2CC3C1C3C2.[CH-]1C2CC3C1C3C2.[Zn+2]. The second-order valence-corrected chi connectivity index (χ2v) is 6.66. The fourth-order valence-electron chi connectivity index (χ4n) is 5.38. The first kappa shape index (κ1) is 9.63. The van der Waals surface area contributed by atoms with Crippen LogP contribution < -0.4 is 0 Å². The third-order valence-electron chi connectivity index (χ3n) is 6.08. The molecule has 8 aliphatic carbocycles. The molecule has 8 aliphatic rings. The molecule has 0 saturated heterocycles. The first-order valence-corrected chi connectivity index (χ1v) is 6.60. The second kappa shape index (κ2) is 2.89. The Bertz CT molecular complexity index is 210. The van der Waals surface area contributed by atoms with Gasteiger partial charge in [0.1, 0.15) is 0 Å². The molecule has 4 unspecified atom stereocenters. The minimum absolute atomic E-state index is 0. The van der Waals surface area contributed by atoms with Gasteiger partial charge < -0.3 is 12.8 Å². The van der Waals surface area contributed by atoms with Crippen molar-refractivity contribution in [3.05, 3.63) is 12.8 Å². The van der Waals surface area contributed by atoms with E-state index in [1.165, 1.54) is 23.7 Å². The van der Waals surface area contributed by atoms with Crippen molar-refractivity contribution in [2.45, 2.75) is 25.7 Å². The Kier molecular flexibility index (Phi) is 1.86. The predicted octanol–water partition coefficient (Wildman–Crippen LogP) is 2.95. The molecule has 4 atom stereocenters. The summed E-state index contributed by atoms with van der Waals surface area (Å²) >= 11 is 0. The molecular formula is C14H18Zn. The van der Waals surface area contributed by atoms with Crippen LogP contribution in [0.1, 0.15) is 25.7 Å². The minimum atomic E-state index is 0. The van der Waals surface area contributed by atoms with Crippen LogP contribution in [0, 0.1) is 60.2 Å². The van der Waals surface area contributed by atoms with Gasteiger partial charge in [-0.2, -0.15) is 23.7 Å². The number of rotatable bonds is 0. The summed E-state index contributed by atoms with van der Waals surface area (Å²) in [6.45, 7) is 0. The van der Waals surface area contributed by atoms with Crippen molar-refractivity contribution in [3.8, 4) is 0 Å². The van der Waals surface area contributed by atoms with E-state index >= 15 is 0 Å². The van der Waals surface area contributed by atoms with Crippen LogP contribution in [0.2, 0.25) is 0 Å². The smallest absolute Gasteiger partial charge is 0.322 e. The Morgan fingerprint density at radius 3 is 1.00 bits per heavy atom. The zero-order chi connectivity index (χ0) is 8.86. The average molecular weight is 252 g/mol. The second-order valence-electron chi connectivity index (χ2n) is 6.66. The molecule has 76 valence electrons. The van der Waals surface area contributed by atoms with E-state index in [0.717, 1.165) is 23.7 Å². The van der Waals surface area contributed by atoms with Gasteiger partial charge in [0, 0.05) is 0 Å². The number of hydrogen-bond donors (Lipinski definition) is 0. The Morgan fingerprint density at radius 1 is 0.600 bits per heavy atom. The van der Waals surface area contributed by atoms with Crippen LogP contribution in [-0.2, 0) is 19.5 Å². The molecule has 1 heteroatoms. The first-order chi connectivity index (χ1) is 6.90. The molecule has 0 aromatic carbocycles. The van der Waals surface area contributed by atoms with Gasteiger partial charge in [0.2, 0.25) is 0 Å². The van der Waals surface area contributed by atoms with Crippen LogP contribution in [0.3, 0.4) is 0 Å². The fourth-order valence-corrected chi connectivity index (χ4v) is 5.38. The molecule has 0 N–H and O–H groups in total. The zero-order valence-electron chi connectivity index (χ0n) is 9.31. The summed E-state index contributed by atoms with van der Waals surface area (Å²) < 4.78 is 0. The van der Waals surface area contributed by atoms with E-state index in [1.54, 1.807) is 25.7 Å². The van der Waals surface area contributed by atoms with Crippen LogP contribution >= 0.6 is 0 Å². The molecule has 8 bridgehead atoms. The van der Waals surface area contributed by atoms with E-state index in [9.17, 15) is 0 Å². The Labute approximate surface area is 105 Å². The largest absolute Gasteiger partial charge is 2.00 e. The summed E-state index contributed by atoms with van der Waals surface area (Å²) in [4.78, 5) is 0. The van der Waals surface area contributed by atoms with Gasteiger partial charge in [0.25, 0.3) is 0 Å². The Morgan fingerprint density at radius 2 is 0.933 bits per heavy atom. The van der Waals surface area contributed by atoms with Crippen molar-refractivity contribution >= 4 is 0 Å². The molecule has 0 radical (unpaired) electrons. The molecule has 8 saturated carbocycles. The predicted molar refractivity (Wildman–Crippen MR) is 55.0 cm³/mol. The number of hydrogen-bond acceptors (Lipinski definition) is 0. The van der Waals surface area contributed by atoms with Crippen molar-refractivity contribution in [2.75, 3.05) is 0 Å². The molecule has 8 rings (SSSR count). The van der Waals surface area contributed by atoms with Gasteiger partial charge in [-0.3, -0.25) is 0 Å². The maximum Gasteiger partial charge on any atom is 2.00 e. The molecule has 15 heavy (non-hydrogen) atoms. The quantitative estimate of drug-likeness (QED) is 0.459. The van der Waals surface area contributed by atoms with Gasteiger partial charge in [-0.25, -0.2) is 0 Å². The van der Waals surface area contributed by atoms with Gasteiger partial charge >= 0.3 is 19.5 Å². The minimum Gasteiger partial charge on any atom is -0.322 e. The van der Waals surface area contributed by atoms with Crippen molar-refractivity contribution in [1.82, 2.24) is 0 Å². The monoisotopic (exact) mass is 250 g/mol. The fraction of sp³-hybridized carbons (Fsp3) is 0.857. The van der Waals surface area contributed by atoms with E-state index in [1.807, 2.05) is 0 Å². The Hall–Kier alpha value is 0.623. The summed E-state index contributed by atoms with van der Waals surface area (Å²) in [7, 11) is 0. The van der Waals surface area contributed by atoms with E-state index in [4.69, 9.17) is 0 Å². The van der Waals surface area contributed by atoms with Crippen LogP contribution in [0.25, 0.3) is 0 Å². The topological polar surface area (TPSA) is 0 Å². The molecule has 0 heterocycles. The third-order valence-corrected chi connectivity index (χ3v) is 6.08. The standard InChI is InChI=1S/2C7H9.Zn/c2*1-4-2-6-5(1)7(6)3-4;/h2*1,4-7H,2-3H2;/q2*-1;+2. The summed E-state index contributed by atoms with van der Waals surface area (Å²) in [6, 6.07) is 0. The molecule has 0 aromatic heterocycles. The van der Waals surface area contributed by atoms with Crippen molar-refractivity contribution in [3.63, 3.8) is 0 Å². The van der Waals surface area contributed by atoms with E-state index in [2.05, 4.69) is 12.8 Å². The summed E-state index contributed by atoms with van der Waals surface area (Å²) in [5, 5.41) is 0. The Balaban J connectivity index is 0.0000000810. The summed E-state index contributed by atoms with van der Waals surface area (Å²) in [5.74, 6) is 9.22. The first-order valence-electron chi connectivity index (χ1n) is 6.60. The van der Waals surface area contributed by atoms with Crippen molar-refractivity contribution < 1.29 is 19.5 Å². The summed E-state index contributed by atoms with van der Waals surface area (Å²) in [6.07, 6.45) is 11.4. The van der Waals surface area contributed by atoms with Crippen LogP contribution in [0.5, 0.6) is 0 Å². The van der Waals surface area contributed by atoms with Crippen molar-refractivity contribution in [1.29, 1.82) is 0 Å². The van der Waals surface area contributed by atoms with E-state index in [-0.39, 0.29) is 19.5 Å². The van der Waals surface area contributed by atoms with Crippen LogP contribution in [0.4, 0.5) is 0 Å². The molecule has 0 nitrogen and oxygen atoms in total. The van der Waals surface area contributed by atoms with Gasteiger partial charge in [-0.1, -0.05) is 49.4 Å². The average Bonchev–Trinajstić information content (AvgIpc) is 2.92. The maximum absolute atomic E-state index is 2.59. The summed E-state index contributed by atoms with van der Waals surface area (Å²) in [5.41, 5.74) is 0. The van der Waals surface area contributed by atoms with Gasteiger partial charge in [0.15, 0.2) is 0 Å². The van der Waals surface area contributed by atoms with Crippen LogP contribution in [0.15, 0.2) is 0 Å². The van der Waals surface area contributed by atoms with E-state index in [0.29, 0.717) is 0 Å². The zero-order valence-corrected chi connectivity index (χ0v) is 12.3. The molecule has 0 aliphatic heterocycles. The van der Waals surface area contributed by atoms with E-state index < -0.39 is 0 Å². The molecule has 0 amide bonds. The third kappa shape index (κ3) is 1.17. The molecule has 8 fully saturated rings. The van der Waals surface area contributed by atoms with Crippen LogP contribution in [-0.4, -0.2) is 0 Å². The normalized spacial score (nSPS) is 67.2. The van der Waals surface area contributed by atoms with Gasteiger partial charge in [-0.05, 0) is 0 Å². The van der Waals surface area contributed by atoms with Gasteiger partial charge in [-0.15, -0.1) is 0 Å². The molecule has 0 aromatic rings. The molecule has 0 spiro atoms.